The standard InChI is InChI=1S/C9H12N2O.ClH/c1-7-3-4-11(6-9(10)12)8(2)5-7;/h3-5H,6H2,1-2H3,(H-,10,12);1H. The van der Waals surface area contributed by atoms with Crippen LogP contribution in [0.3, 0.4) is 0 Å². The number of nitrogens with zero attached hydrogens (tertiary/aromatic N) is 1. The first-order valence-corrected chi connectivity index (χ1v) is 3.84. The molecule has 0 saturated carbocycles. The summed E-state index contributed by atoms with van der Waals surface area (Å²) >= 11 is 0. The molecule has 0 aliphatic rings. The van der Waals surface area contributed by atoms with Crippen LogP contribution >= 0.6 is 0 Å². The number of carbonyl (C=O) groups excluding carboxylic acids is 1. The van der Waals surface area contributed by atoms with E-state index in [9.17, 15) is 4.79 Å². The molecule has 0 bridgehead atoms. The minimum Gasteiger partial charge on any atom is -1.00 e. The molecular weight excluding hydrogens is 188 g/mol. The fourth-order valence-electron chi connectivity index (χ4n) is 1.13. The largest absolute Gasteiger partial charge is 1.00 e. The van der Waals surface area contributed by atoms with E-state index in [0.717, 1.165) is 5.69 Å². The highest BCUT2D eigenvalue weighted by molar-refractivity contribution is 5.72. The number of primary amides is 1. The number of carbonyl (C=O) groups is 1. The minimum atomic E-state index is -0.313. The lowest BCUT2D eigenvalue weighted by Gasteiger charge is -1.97. The van der Waals surface area contributed by atoms with Gasteiger partial charge in [-0.05, 0) is 12.5 Å². The Morgan fingerprint density at radius 3 is 2.62 bits per heavy atom. The molecule has 72 valence electrons. The van der Waals surface area contributed by atoms with Crippen molar-refractivity contribution < 1.29 is 21.8 Å². The predicted octanol–water partition coefficient (Wildman–Crippen LogP) is -2.92. The number of rotatable bonds is 2. The summed E-state index contributed by atoms with van der Waals surface area (Å²) in [6.45, 7) is 4.23. The van der Waals surface area contributed by atoms with Gasteiger partial charge < -0.3 is 18.1 Å². The molecule has 0 aliphatic carbocycles. The van der Waals surface area contributed by atoms with Crippen LogP contribution < -0.4 is 22.7 Å². The van der Waals surface area contributed by atoms with Crippen molar-refractivity contribution in [2.75, 3.05) is 0 Å². The lowest BCUT2D eigenvalue weighted by atomic mass is 10.2. The summed E-state index contributed by atoms with van der Waals surface area (Å²) in [5.74, 6) is -0.313. The molecule has 0 unspecified atom stereocenters. The molecule has 4 heteroatoms. The van der Waals surface area contributed by atoms with Crippen molar-refractivity contribution in [2.45, 2.75) is 20.4 Å². The number of aryl methyl sites for hydroxylation is 2. The topological polar surface area (TPSA) is 47.0 Å². The number of pyridine rings is 1. The van der Waals surface area contributed by atoms with Crippen LogP contribution in [0.15, 0.2) is 18.3 Å². The molecule has 1 rings (SSSR count). The molecule has 2 N–H and O–H groups in total. The third-order valence-electron chi connectivity index (χ3n) is 1.73. The SMILES string of the molecule is Cc1cc[n+](CC(N)=O)c(C)c1.[Cl-]. The highest BCUT2D eigenvalue weighted by atomic mass is 35.5. The van der Waals surface area contributed by atoms with E-state index in [0.29, 0.717) is 0 Å². The quantitative estimate of drug-likeness (QED) is 0.511. The van der Waals surface area contributed by atoms with E-state index in [4.69, 9.17) is 5.73 Å². The predicted molar refractivity (Wildman–Crippen MR) is 45.3 cm³/mol. The van der Waals surface area contributed by atoms with Crippen LogP contribution in [0, 0.1) is 13.8 Å². The van der Waals surface area contributed by atoms with Gasteiger partial charge in [0, 0.05) is 19.1 Å². The van der Waals surface area contributed by atoms with E-state index >= 15 is 0 Å². The second-order valence-corrected chi connectivity index (χ2v) is 2.94. The monoisotopic (exact) mass is 200 g/mol. The molecule has 0 aromatic carbocycles. The van der Waals surface area contributed by atoms with Crippen LogP contribution in [0.1, 0.15) is 11.3 Å². The first-order chi connectivity index (χ1) is 5.59. The highest BCUT2D eigenvalue weighted by Gasteiger charge is 2.08. The zero-order chi connectivity index (χ0) is 9.14. The number of aromatic nitrogens is 1. The maximum Gasteiger partial charge on any atom is 0.283 e. The Bertz CT molecular complexity index is 312. The molecule has 1 aromatic heterocycles. The molecular formula is C9H13ClN2O. The number of nitrogens with two attached hydrogens (primary N) is 1. The molecule has 0 radical (unpaired) electrons. The van der Waals surface area contributed by atoms with Gasteiger partial charge in [-0.15, -0.1) is 0 Å². The summed E-state index contributed by atoms with van der Waals surface area (Å²) in [6.07, 6.45) is 1.87. The van der Waals surface area contributed by atoms with Gasteiger partial charge in [0.05, 0.1) is 0 Å². The van der Waals surface area contributed by atoms with Gasteiger partial charge in [-0.1, -0.05) is 0 Å². The molecule has 0 fully saturated rings. The Kier molecular flexibility index (Phi) is 4.42. The Labute approximate surface area is 84.0 Å². The zero-order valence-electron chi connectivity index (χ0n) is 7.75. The van der Waals surface area contributed by atoms with E-state index in [1.54, 1.807) is 0 Å². The molecule has 1 amide bonds. The summed E-state index contributed by atoms with van der Waals surface area (Å²) in [5.41, 5.74) is 7.31. The van der Waals surface area contributed by atoms with E-state index < -0.39 is 0 Å². The van der Waals surface area contributed by atoms with Crippen molar-refractivity contribution in [1.29, 1.82) is 0 Å². The van der Waals surface area contributed by atoms with Crippen molar-refractivity contribution in [3.05, 3.63) is 29.6 Å². The van der Waals surface area contributed by atoms with Gasteiger partial charge in [-0.2, -0.15) is 4.57 Å². The second kappa shape index (κ2) is 4.82. The maximum atomic E-state index is 10.6. The Morgan fingerprint density at radius 2 is 2.15 bits per heavy atom. The summed E-state index contributed by atoms with van der Waals surface area (Å²) in [4.78, 5) is 10.6. The second-order valence-electron chi connectivity index (χ2n) is 2.94. The fraction of sp³-hybridized carbons (Fsp3) is 0.333. The van der Waals surface area contributed by atoms with Crippen LogP contribution in [-0.2, 0) is 11.3 Å². The fourth-order valence-corrected chi connectivity index (χ4v) is 1.13. The normalized spacial score (nSPS) is 9.08. The van der Waals surface area contributed by atoms with Crippen molar-refractivity contribution >= 4 is 5.91 Å². The van der Waals surface area contributed by atoms with Gasteiger partial charge in [0.15, 0.2) is 11.9 Å². The van der Waals surface area contributed by atoms with Crippen molar-refractivity contribution in [2.24, 2.45) is 5.73 Å². The number of amides is 1. The van der Waals surface area contributed by atoms with Crippen LogP contribution in [0.5, 0.6) is 0 Å². The number of hydrogen-bond acceptors (Lipinski definition) is 1. The smallest absolute Gasteiger partial charge is 0.283 e. The van der Waals surface area contributed by atoms with E-state index in [-0.39, 0.29) is 24.9 Å². The average Bonchev–Trinajstić information content (AvgIpc) is 1.94. The lowest BCUT2D eigenvalue weighted by Crippen LogP contribution is -3.00. The maximum absolute atomic E-state index is 10.6. The molecule has 0 saturated heterocycles. The molecule has 1 heterocycles. The Balaban J connectivity index is 0.00000144. The van der Waals surface area contributed by atoms with Gasteiger partial charge in [-0.25, -0.2) is 0 Å². The van der Waals surface area contributed by atoms with Gasteiger partial charge >= 0.3 is 0 Å². The third kappa shape index (κ3) is 3.42. The van der Waals surface area contributed by atoms with Crippen LogP contribution in [0.4, 0.5) is 0 Å². The summed E-state index contributed by atoms with van der Waals surface area (Å²) in [7, 11) is 0. The molecule has 3 nitrogen and oxygen atoms in total. The molecule has 0 atom stereocenters. The molecule has 1 aromatic rings. The van der Waals surface area contributed by atoms with Crippen molar-refractivity contribution in [3.8, 4) is 0 Å². The lowest BCUT2D eigenvalue weighted by molar-refractivity contribution is -0.690. The third-order valence-corrected chi connectivity index (χ3v) is 1.73. The van der Waals surface area contributed by atoms with Gasteiger partial charge in [0.1, 0.15) is 0 Å². The van der Waals surface area contributed by atoms with Crippen LogP contribution in [-0.4, -0.2) is 5.91 Å². The van der Waals surface area contributed by atoms with Gasteiger partial charge in [-0.3, -0.25) is 4.79 Å². The van der Waals surface area contributed by atoms with Crippen molar-refractivity contribution in [1.82, 2.24) is 0 Å². The molecule has 13 heavy (non-hydrogen) atoms. The number of hydrogen-bond donors (Lipinski definition) is 1. The van der Waals surface area contributed by atoms with Gasteiger partial charge in [0.25, 0.3) is 5.91 Å². The van der Waals surface area contributed by atoms with Crippen LogP contribution in [0.25, 0.3) is 0 Å². The average molecular weight is 201 g/mol. The van der Waals surface area contributed by atoms with E-state index in [1.807, 2.05) is 36.7 Å². The molecule has 0 spiro atoms. The first kappa shape index (κ1) is 11.9. The Morgan fingerprint density at radius 1 is 1.54 bits per heavy atom. The van der Waals surface area contributed by atoms with Gasteiger partial charge in [0.2, 0.25) is 6.54 Å². The Hall–Kier alpha value is -1.09. The number of halogens is 1. The van der Waals surface area contributed by atoms with Crippen molar-refractivity contribution in [3.63, 3.8) is 0 Å². The van der Waals surface area contributed by atoms with E-state index in [1.165, 1.54) is 5.56 Å². The summed E-state index contributed by atoms with van der Waals surface area (Å²) in [6, 6.07) is 3.97. The summed E-state index contributed by atoms with van der Waals surface area (Å²) in [5, 5.41) is 0. The first-order valence-electron chi connectivity index (χ1n) is 3.84. The molecule has 0 aliphatic heterocycles. The summed E-state index contributed by atoms with van der Waals surface area (Å²) < 4.78 is 1.83. The highest BCUT2D eigenvalue weighted by Crippen LogP contribution is 1.95. The van der Waals surface area contributed by atoms with E-state index in [2.05, 4.69) is 0 Å². The van der Waals surface area contributed by atoms with Crippen LogP contribution in [0.2, 0.25) is 0 Å². The minimum absolute atomic E-state index is 0. The zero-order valence-corrected chi connectivity index (χ0v) is 8.51.